The summed E-state index contributed by atoms with van der Waals surface area (Å²) in [5, 5.41) is 1.19. The molecule has 1 aromatic carbocycles. The third-order valence-electron chi connectivity index (χ3n) is 4.11. The average Bonchev–Trinajstić information content (AvgIpc) is 2.90. The van der Waals surface area contributed by atoms with Gasteiger partial charge in [-0.3, -0.25) is 4.79 Å². The van der Waals surface area contributed by atoms with Crippen LogP contribution in [-0.2, 0) is 11.3 Å². The number of amides is 1. The van der Waals surface area contributed by atoms with Crippen LogP contribution in [0.25, 0.3) is 0 Å². The molecular formula is C15H20Cl2N2O. The van der Waals surface area contributed by atoms with Crippen LogP contribution in [0.3, 0.4) is 0 Å². The van der Waals surface area contributed by atoms with E-state index in [2.05, 4.69) is 0 Å². The van der Waals surface area contributed by atoms with Gasteiger partial charge in [0, 0.05) is 35.1 Å². The second kappa shape index (κ2) is 6.79. The Morgan fingerprint density at radius 2 is 2.00 bits per heavy atom. The third-order valence-corrected chi connectivity index (χ3v) is 4.82. The fraction of sp³-hybridized carbons (Fsp3) is 0.533. The molecule has 3 nitrogen and oxygen atoms in total. The zero-order chi connectivity index (χ0) is 14.7. The van der Waals surface area contributed by atoms with E-state index in [-0.39, 0.29) is 11.8 Å². The quantitative estimate of drug-likeness (QED) is 0.926. The zero-order valence-electron chi connectivity index (χ0n) is 11.6. The molecule has 0 bridgehead atoms. The predicted molar refractivity (Wildman–Crippen MR) is 82.8 cm³/mol. The first-order chi connectivity index (χ1) is 9.54. The number of carbonyl (C=O) groups excluding carboxylic acids is 1. The molecule has 0 aliphatic heterocycles. The molecule has 1 aromatic rings. The van der Waals surface area contributed by atoms with Crippen molar-refractivity contribution in [2.75, 3.05) is 13.6 Å². The SMILES string of the molecule is CN(Cc1c(Cl)cccc1Cl)C(=O)[C@@H]1CCC[C@@H]1CN. The Hall–Kier alpha value is -0.770. The molecule has 0 unspecified atom stereocenters. The van der Waals surface area contributed by atoms with Crippen molar-refractivity contribution in [1.29, 1.82) is 0 Å². The maximum absolute atomic E-state index is 12.5. The number of nitrogens with zero attached hydrogens (tertiary/aromatic N) is 1. The van der Waals surface area contributed by atoms with E-state index in [4.69, 9.17) is 28.9 Å². The highest BCUT2D eigenvalue weighted by Gasteiger charge is 2.33. The van der Waals surface area contributed by atoms with Crippen molar-refractivity contribution in [3.8, 4) is 0 Å². The highest BCUT2D eigenvalue weighted by atomic mass is 35.5. The minimum atomic E-state index is 0.0475. The Morgan fingerprint density at radius 3 is 2.60 bits per heavy atom. The summed E-state index contributed by atoms with van der Waals surface area (Å²) in [5.74, 6) is 0.506. The summed E-state index contributed by atoms with van der Waals surface area (Å²) in [6.45, 7) is 1.02. The zero-order valence-corrected chi connectivity index (χ0v) is 13.1. The van der Waals surface area contributed by atoms with Crippen LogP contribution in [0.5, 0.6) is 0 Å². The summed E-state index contributed by atoms with van der Waals surface area (Å²) < 4.78 is 0. The number of rotatable bonds is 4. The summed E-state index contributed by atoms with van der Waals surface area (Å²) in [4.78, 5) is 14.2. The van der Waals surface area contributed by atoms with E-state index in [1.165, 1.54) is 0 Å². The molecule has 5 heteroatoms. The van der Waals surface area contributed by atoms with Crippen molar-refractivity contribution in [2.45, 2.75) is 25.8 Å². The standard InChI is InChI=1S/C15H20Cl2N2O/c1-19(9-12-13(16)6-3-7-14(12)17)15(20)11-5-2-4-10(11)8-18/h3,6-7,10-11H,2,4-5,8-9,18H2,1H3/t10-,11-/m1/s1. The Bertz CT molecular complexity index is 473. The van der Waals surface area contributed by atoms with Gasteiger partial charge in [0.25, 0.3) is 0 Å². The molecule has 0 heterocycles. The van der Waals surface area contributed by atoms with Crippen LogP contribution in [0.4, 0.5) is 0 Å². The molecule has 1 saturated carbocycles. The van der Waals surface area contributed by atoms with Gasteiger partial charge in [0.15, 0.2) is 0 Å². The van der Waals surface area contributed by atoms with Gasteiger partial charge in [-0.05, 0) is 37.4 Å². The maximum atomic E-state index is 12.5. The fourth-order valence-electron chi connectivity index (χ4n) is 2.93. The van der Waals surface area contributed by atoms with Crippen LogP contribution < -0.4 is 5.73 Å². The van der Waals surface area contributed by atoms with Crippen molar-refractivity contribution in [1.82, 2.24) is 4.90 Å². The number of hydrogen-bond acceptors (Lipinski definition) is 2. The molecule has 1 fully saturated rings. The summed E-state index contributed by atoms with van der Waals surface area (Å²) in [6, 6.07) is 5.39. The highest BCUT2D eigenvalue weighted by molar-refractivity contribution is 6.36. The predicted octanol–water partition coefficient (Wildman–Crippen LogP) is 3.33. The number of hydrogen-bond donors (Lipinski definition) is 1. The van der Waals surface area contributed by atoms with Crippen LogP contribution in [0.1, 0.15) is 24.8 Å². The lowest BCUT2D eigenvalue weighted by molar-refractivity contribution is -0.135. The van der Waals surface area contributed by atoms with Gasteiger partial charge in [0.05, 0.1) is 0 Å². The average molecular weight is 315 g/mol. The van der Waals surface area contributed by atoms with Crippen LogP contribution in [0, 0.1) is 11.8 Å². The van der Waals surface area contributed by atoms with Crippen molar-refractivity contribution < 1.29 is 4.79 Å². The molecule has 2 atom stereocenters. The lowest BCUT2D eigenvalue weighted by atomic mass is 9.95. The van der Waals surface area contributed by atoms with Gasteiger partial charge in [-0.25, -0.2) is 0 Å². The summed E-state index contributed by atoms with van der Waals surface area (Å²) in [7, 11) is 1.80. The molecule has 1 amide bonds. The Labute approximate surface area is 130 Å². The van der Waals surface area contributed by atoms with E-state index < -0.39 is 0 Å². The van der Waals surface area contributed by atoms with Gasteiger partial charge in [-0.1, -0.05) is 35.7 Å². The lowest BCUT2D eigenvalue weighted by Crippen LogP contribution is -2.36. The number of carbonyl (C=O) groups is 1. The molecule has 1 aliphatic rings. The third kappa shape index (κ3) is 3.27. The minimum Gasteiger partial charge on any atom is -0.341 e. The number of nitrogens with two attached hydrogens (primary N) is 1. The van der Waals surface area contributed by atoms with Crippen molar-refractivity contribution in [2.24, 2.45) is 17.6 Å². The van der Waals surface area contributed by atoms with Crippen molar-refractivity contribution in [3.05, 3.63) is 33.8 Å². The fourth-order valence-corrected chi connectivity index (χ4v) is 3.44. The van der Waals surface area contributed by atoms with Crippen LogP contribution in [-0.4, -0.2) is 24.4 Å². The van der Waals surface area contributed by atoms with E-state index >= 15 is 0 Å². The molecule has 2 rings (SSSR count). The minimum absolute atomic E-state index is 0.0475. The van der Waals surface area contributed by atoms with E-state index in [0.29, 0.717) is 29.1 Å². The maximum Gasteiger partial charge on any atom is 0.226 e. The van der Waals surface area contributed by atoms with Crippen LogP contribution >= 0.6 is 23.2 Å². The van der Waals surface area contributed by atoms with Crippen LogP contribution in [0.2, 0.25) is 10.0 Å². The molecule has 0 radical (unpaired) electrons. The molecule has 0 aromatic heterocycles. The first-order valence-electron chi connectivity index (χ1n) is 6.92. The first-order valence-corrected chi connectivity index (χ1v) is 7.68. The van der Waals surface area contributed by atoms with E-state index in [1.807, 2.05) is 0 Å². The Morgan fingerprint density at radius 1 is 1.35 bits per heavy atom. The van der Waals surface area contributed by atoms with Gasteiger partial charge in [0.2, 0.25) is 5.91 Å². The number of halogens is 2. The smallest absolute Gasteiger partial charge is 0.226 e. The van der Waals surface area contributed by atoms with Gasteiger partial charge in [-0.2, -0.15) is 0 Å². The van der Waals surface area contributed by atoms with Crippen molar-refractivity contribution in [3.63, 3.8) is 0 Å². The summed E-state index contributed by atoms with van der Waals surface area (Å²) >= 11 is 12.3. The largest absolute Gasteiger partial charge is 0.341 e. The first kappa shape index (κ1) is 15.6. The van der Waals surface area contributed by atoms with Gasteiger partial charge >= 0.3 is 0 Å². The Balaban J connectivity index is 2.08. The number of benzene rings is 1. The van der Waals surface area contributed by atoms with Gasteiger partial charge in [0.1, 0.15) is 0 Å². The normalized spacial score (nSPS) is 22.0. The molecule has 20 heavy (non-hydrogen) atoms. The van der Waals surface area contributed by atoms with Crippen LogP contribution in [0.15, 0.2) is 18.2 Å². The second-order valence-electron chi connectivity index (χ2n) is 5.43. The van der Waals surface area contributed by atoms with E-state index in [9.17, 15) is 4.79 Å². The lowest BCUT2D eigenvalue weighted by Gasteiger charge is -2.25. The second-order valence-corrected chi connectivity index (χ2v) is 6.24. The summed E-state index contributed by atoms with van der Waals surface area (Å²) in [5.41, 5.74) is 6.55. The molecule has 0 spiro atoms. The monoisotopic (exact) mass is 314 g/mol. The molecule has 2 N–H and O–H groups in total. The molecular weight excluding hydrogens is 295 g/mol. The van der Waals surface area contributed by atoms with E-state index in [1.54, 1.807) is 30.1 Å². The molecule has 1 aliphatic carbocycles. The summed E-state index contributed by atoms with van der Waals surface area (Å²) in [6.07, 6.45) is 3.06. The van der Waals surface area contributed by atoms with Gasteiger partial charge in [-0.15, -0.1) is 0 Å². The Kier molecular flexibility index (Phi) is 5.30. The topological polar surface area (TPSA) is 46.3 Å². The molecule has 110 valence electrons. The molecule has 0 saturated heterocycles. The highest BCUT2D eigenvalue weighted by Crippen LogP contribution is 2.33. The van der Waals surface area contributed by atoms with E-state index in [0.717, 1.165) is 24.8 Å². The van der Waals surface area contributed by atoms with Crippen molar-refractivity contribution >= 4 is 29.1 Å². The van der Waals surface area contributed by atoms with Gasteiger partial charge < -0.3 is 10.6 Å².